The van der Waals surface area contributed by atoms with Crippen molar-refractivity contribution in [2.75, 3.05) is 5.32 Å². The minimum Gasteiger partial charge on any atom is -0.458 e. The van der Waals surface area contributed by atoms with Crippen molar-refractivity contribution in [3.05, 3.63) is 51.9 Å². The summed E-state index contributed by atoms with van der Waals surface area (Å²) in [6.07, 6.45) is 4.15. The van der Waals surface area contributed by atoms with E-state index in [1.807, 2.05) is 37.3 Å². The van der Waals surface area contributed by atoms with E-state index in [9.17, 15) is 14.4 Å². The Labute approximate surface area is 212 Å². The highest BCUT2D eigenvalue weighted by Gasteiger charge is 2.30. The number of nitrogens with one attached hydrogen (secondary N) is 1. The number of thiophene rings is 1. The van der Waals surface area contributed by atoms with Gasteiger partial charge in [0, 0.05) is 0 Å². The summed E-state index contributed by atoms with van der Waals surface area (Å²) < 4.78 is 16.5. The molecule has 0 aliphatic rings. The summed E-state index contributed by atoms with van der Waals surface area (Å²) in [7, 11) is 0. The average molecular weight is 504 g/mol. The fourth-order valence-electron chi connectivity index (χ4n) is 3.38. The second-order valence-electron chi connectivity index (χ2n) is 9.51. The maximum absolute atomic E-state index is 13.0. The molecule has 1 heterocycles. The molecule has 2 aromatic rings. The zero-order valence-corrected chi connectivity index (χ0v) is 22.4. The molecule has 0 fully saturated rings. The predicted molar refractivity (Wildman–Crippen MR) is 138 cm³/mol. The van der Waals surface area contributed by atoms with Gasteiger partial charge in [-0.15, -0.1) is 11.3 Å². The van der Waals surface area contributed by atoms with Crippen molar-refractivity contribution in [3.63, 3.8) is 0 Å². The first-order valence-corrected chi connectivity index (χ1v) is 12.9. The molecule has 0 bridgehead atoms. The van der Waals surface area contributed by atoms with Crippen LogP contribution in [0.15, 0.2) is 30.3 Å². The molecule has 0 radical (unpaired) electrons. The number of anilines is 1. The number of carbonyl (C=O) groups excluding carboxylic acids is 3. The van der Waals surface area contributed by atoms with Gasteiger partial charge in [-0.25, -0.2) is 14.4 Å². The van der Waals surface area contributed by atoms with Crippen LogP contribution in [0.2, 0.25) is 0 Å². The fraction of sp³-hybridized carbons (Fsp3) is 0.519. The molecule has 2 rings (SSSR count). The van der Waals surface area contributed by atoms with Gasteiger partial charge in [-0.2, -0.15) is 0 Å². The Morgan fingerprint density at radius 2 is 1.71 bits per heavy atom. The van der Waals surface area contributed by atoms with Gasteiger partial charge in [0.2, 0.25) is 0 Å². The van der Waals surface area contributed by atoms with Crippen LogP contribution in [-0.4, -0.2) is 29.7 Å². The molecule has 35 heavy (non-hydrogen) atoms. The smallest absolute Gasteiger partial charge is 0.412 e. The summed E-state index contributed by atoms with van der Waals surface area (Å²) in [5.41, 5.74) is 0.619. The predicted octanol–water partition coefficient (Wildman–Crippen LogP) is 7.28. The molecule has 1 unspecified atom stereocenters. The topological polar surface area (TPSA) is 90.9 Å². The molecule has 0 spiro atoms. The second kappa shape index (κ2) is 13.3. The Hall–Kier alpha value is -2.87. The first-order chi connectivity index (χ1) is 16.5. The molecule has 1 amide bonds. The van der Waals surface area contributed by atoms with E-state index in [0.717, 1.165) is 49.0 Å². The minimum absolute atomic E-state index is 0.0727. The maximum Gasteiger partial charge on any atom is 0.412 e. The summed E-state index contributed by atoms with van der Waals surface area (Å²) in [6, 6.07) is 9.25. The molecule has 1 atom stereocenters. The molecule has 1 aromatic carbocycles. The van der Waals surface area contributed by atoms with Crippen molar-refractivity contribution < 1.29 is 28.6 Å². The molecule has 7 nitrogen and oxygen atoms in total. The number of esters is 2. The first kappa shape index (κ1) is 28.4. The van der Waals surface area contributed by atoms with Crippen LogP contribution >= 0.6 is 11.3 Å². The number of rotatable bonds is 11. The number of benzene rings is 1. The van der Waals surface area contributed by atoms with Crippen LogP contribution in [0.1, 0.15) is 97.9 Å². The minimum atomic E-state index is -0.746. The summed E-state index contributed by atoms with van der Waals surface area (Å²) in [5, 5.41) is 2.81. The SMILES string of the molecule is CCCCCCC(C)OC(=O)c1sc(NC(=O)OCc2ccccc2)c(C(=O)OC(C)(C)C)c1C. The Kier molecular flexibility index (Phi) is 10.8. The molecule has 1 aromatic heterocycles. The van der Waals surface area contributed by atoms with Crippen molar-refractivity contribution in [2.45, 2.75) is 92.0 Å². The molecule has 0 aliphatic heterocycles. The van der Waals surface area contributed by atoms with Crippen molar-refractivity contribution in [1.29, 1.82) is 0 Å². The third-order valence-electron chi connectivity index (χ3n) is 5.14. The Morgan fingerprint density at radius 1 is 1.03 bits per heavy atom. The van der Waals surface area contributed by atoms with Gasteiger partial charge in [-0.05, 0) is 58.6 Å². The quantitative estimate of drug-likeness (QED) is 0.197. The van der Waals surface area contributed by atoms with E-state index < -0.39 is 23.6 Å². The molecule has 0 saturated heterocycles. The first-order valence-electron chi connectivity index (χ1n) is 12.1. The van der Waals surface area contributed by atoms with Crippen LogP contribution in [0.5, 0.6) is 0 Å². The van der Waals surface area contributed by atoms with Crippen LogP contribution in [-0.2, 0) is 20.8 Å². The molecular formula is C27H37NO6S. The zero-order chi connectivity index (χ0) is 26.0. The van der Waals surface area contributed by atoms with Crippen LogP contribution < -0.4 is 5.32 Å². The fourth-order valence-corrected chi connectivity index (χ4v) is 4.44. The van der Waals surface area contributed by atoms with E-state index >= 15 is 0 Å². The van der Waals surface area contributed by atoms with Gasteiger partial charge in [0.1, 0.15) is 22.1 Å². The van der Waals surface area contributed by atoms with Crippen molar-refractivity contribution >= 4 is 34.4 Å². The number of hydrogen-bond donors (Lipinski definition) is 1. The lowest BCUT2D eigenvalue weighted by Crippen LogP contribution is -2.25. The van der Waals surface area contributed by atoms with Crippen LogP contribution in [0.4, 0.5) is 9.80 Å². The lowest BCUT2D eigenvalue weighted by Gasteiger charge is -2.20. The number of hydrogen-bond acceptors (Lipinski definition) is 7. The molecule has 0 aliphatic carbocycles. The van der Waals surface area contributed by atoms with Crippen LogP contribution in [0, 0.1) is 6.92 Å². The Balaban J connectivity index is 2.19. The number of unbranched alkanes of at least 4 members (excludes halogenated alkanes) is 3. The summed E-state index contributed by atoms with van der Waals surface area (Å²) in [6.45, 7) is 11.0. The van der Waals surface area contributed by atoms with Gasteiger partial charge < -0.3 is 14.2 Å². The highest BCUT2D eigenvalue weighted by atomic mass is 32.1. The molecule has 1 N–H and O–H groups in total. The Bertz CT molecular complexity index is 993. The highest BCUT2D eigenvalue weighted by molar-refractivity contribution is 7.18. The number of carbonyl (C=O) groups is 3. The van der Waals surface area contributed by atoms with E-state index in [2.05, 4.69) is 12.2 Å². The largest absolute Gasteiger partial charge is 0.458 e. The van der Waals surface area contributed by atoms with Crippen LogP contribution in [0.3, 0.4) is 0 Å². The second-order valence-corrected chi connectivity index (χ2v) is 10.5. The number of amides is 1. The molecule has 8 heteroatoms. The maximum atomic E-state index is 13.0. The highest BCUT2D eigenvalue weighted by Crippen LogP contribution is 2.35. The summed E-state index contributed by atoms with van der Waals surface area (Å²) in [5.74, 6) is -1.15. The van der Waals surface area contributed by atoms with Gasteiger partial charge in [-0.3, -0.25) is 5.32 Å². The zero-order valence-electron chi connectivity index (χ0n) is 21.6. The lowest BCUT2D eigenvalue weighted by atomic mass is 10.1. The average Bonchev–Trinajstić information content (AvgIpc) is 3.10. The standard InChI is InChI=1S/C27H37NO6S/c1-7-8-9-11-14-18(2)33-25(30)22-19(3)21(24(29)34-27(4,5)6)23(35-22)28-26(31)32-17-20-15-12-10-13-16-20/h10,12-13,15-16,18H,7-9,11,14,17H2,1-6H3,(H,28,31). The third kappa shape index (κ3) is 9.36. The van der Waals surface area contributed by atoms with E-state index in [0.29, 0.717) is 5.56 Å². The summed E-state index contributed by atoms with van der Waals surface area (Å²) in [4.78, 5) is 38.6. The summed E-state index contributed by atoms with van der Waals surface area (Å²) >= 11 is 0.985. The molecule has 192 valence electrons. The number of ether oxygens (including phenoxy) is 3. The van der Waals surface area contributed by atoms with Crippen LogP contribution in [0.25, 0.3) is 0 Å². The lowest BCUT2D eigenvalue weighted by molar-refractivity contribution is 0.00705. The van der Waals surface area contributed by atoms with E-state index in [1.54, 1.807) is 27.7 Å². The van der Waals surface area contributed by atoms with Crippen molar-refractivity contribution in [2.24, 2.45) is 0 Å². The van der Waals surface area contributed by atoms with Gasteiger partial charge >= 0.3 is 18.0 Å². The third-order valence-corrected chi connectivity index (χ3v) is 6.32. The Morgan fingerprint density at radius 3 is 2.34 bits per heavy atom. The van der Waals surface area contributed by atoms with Gasteiger partial charge in [0.15, 0.2) is 0 Å². The molecule has 0 saturated carbocycles. The van der Waals surface area contributed by atoms with Gasteiger partial charge in [0.05, 0.1) is 11.7 Å². The van der Waals surface area contributed by atoms with Crippen molar-refractivity contribution in [1.82, 2.24) is 0 Å². The van der Waals surface area contributed by atoms with E-state index in [4.69, 9.17) is 14.2 Å². The van der Waals surface area contributed by atoms with Crippen molar-refractivity contribution in [3.8, 4) is 0 Å². The molecular weight excluding hydrogens is 466 g/mol. The van der Waals surface area contributed by atoms with E-state index in [1.165, 1.54) is 0 Å². The monoisotopic (exact) mass is 503 g/mol. The van der Waals surface area contributed by atoms with E-state index in [-0.39, 0.29) is 28.2 Å². The van der Waals surface area contributed by atoms with Gasteiger partial charge in [-0.1, -0.05) is 56.5 Å². The normalized spacial score (nSPS) is 12.1. The van der Waals surface area contributed by atoms with Gasteiger partial charge in [0.25, 0.3) is 0 Å².